The molecule has 0 atom stereocenters. The number of nitrogens with zero attached hydrogens (tertiary/aromatic N) is 5. The van der Waals surface area contributed by atoms with E-state index in [1.165, 1.54) is 4.68 Å². The molecule has 1 aromatic carbocycles. The average Bonchev–Trinajstić information content (AvgIpc) is 2.96. The van der Waals surface area contributed by atoms with Crippen molar-refractivity contribution in [2.75, 3.05) is 6.54 Å². The molecule has 7 nitrogen and oxygen atoms in total. The number of rotatable bonds is 3. The van der Waals surface area contributed by atoms with Crippen LogP contribution in [-0.4, -0.2) is 36.7 Å². The first kappa shape index (κ1) is 15.6. The second-order valence-electron chi connectivity index (χ2n) is 6.18. The van der Waals surface area contributed by atoms with Gasteiger partial charge in [0.2, 0.25) is 0 Å². The van der Waals surface area contributed by atoms with Crippen LogP contribution in [0.25, 0.3) is 10.8 Å². The van der Waals surface area contributed by atoms with Crippen molar-refractivity contribution < 1.29 is 4.79 Å². The predicted molar refractivity (Wildman–Crippen MR) is 93.3 cm³/mol. The highest BCUT2D eigenvalue weighted by Crippen LogP contribution is 2.19. The largest absolute Gasteiger partial charge is 0.346 e. The van der Waals surface area contributed by atoms with E-state index in [4.69, 9.17) is 0 Å². The van der Waals surface area contributed by atoms with Gasteiger partial charge in [0.05, 0.1) is 6.54 Å². The van der Waals surface area contributed by atoms with E-state index in [-0.39, 0.29) is 11.6 Å². The molecule has 0 fully saturated rings. The highest BCUT2D eigenvalue weighted by Gasteiger charge is 2.27. The number of aromatic nitrogens is 4. The summed E-state index contributed by atoms with van der Waals surface area (Å²) in [5, 5.41) is 6.21. The van der Waals surface area contributed by atoms with Crippen molar-refractivity contribution in [1.82, 2.24) is 24.2 Å². The quantitative estimate of drug-likeness (QED) is 0.728. The Morgan fingerprint density at radius 2 is 2.04 bits per heavy atom. The van der Waals surface area contributed by atoms with E-state index in [0.717, 1.165) is 17.2 Å². The first-order valence-electron chi connectivity index (χ1n) is 8.48. The van der Waals surface area contributed by atoms with Crippen LogP contribution in [0.15, 0.2) is 41.3 Å². The molecule has 7 heteroatoms. The maximum atomic E-state index is 13.0. The Labute approximate surface area is 144 Å². The van der Waals surface area contributed by atoms with Crippen LogP contribution in [0, 0.1) is 0 Å². The third kappa shape index (κ3) is 2.61. The third-order valence-electron chi connectivity index (χ3n) is 4.52. The van der Waals surface area contributed by atoms with E-state index >= 15 is 0 Å². The van der Waals surface area contributed by atoms with Gasteiger partial charge in [-0.25, -0.2) is 9.48 Å². The van der Waals surface area contributed by atoms with Gasteiger partial charge in [0, 0.05) is 31.2 Å². The van der Waals surface area contributed by atoms with Gasteiger partial charge in [-0.3, -0.25) is 14.3 Å². The fourth-order valence-electron chi connectivity index (χ4n) is 3.27. The molecule has 0 radical (unpaired) electrons. The third-order valence-corrected chi connectivity index (χ3v) is 4.52. The van der Waals surface area contributed by atoms with Gasteiger partial charge in [0.1, 0.15) is 5.69 Å². The molecule has 2 aromatic heterocycles. The average molecular weight is 337 g/mol. The van der Waals surface area contributed by atoms with Crippen LogP contribution in [0.2, 0.25) is 0 Å². The smallest absolute Gasteiger partial charge is 0.328 e. The fraction of sp³-hybridized carbons (Fsp3) is 0.333. The first-order chi connectivity index (χ1) is 12.2. The van der Waals surface area contributed by atoms with Crippen molar-refractivity contribution in [3.05, 3.63) is 58.5 Å². The van der Waals surface area contributed by atoms with Gasteiger partial charge >= 0.3 is 5.69 Å². The number of hydrogen-bond donors (Lipinski definition) is 0. The molecule has 4 rings (SSSR count). The molecule has 3 aromatic rings. The summed E-state index contributed by atoms with van der Waals surface area (Å²) in [5.41, 5.74) is 0.356. The lowest BCUT2D eigenvalue weighted by molar-refractivity contribution is 0.0702. The van der Waals surface area contributed by atoms with Gasteiger partial charge in [-0.1, -0.05) is 31.2 Å². The number of pyridine rings is 1. The van der Waals surface area contributed by atoms with Gasteiger partial charge in [0.15, 0.2) is 5.82 Å². The maximum absolute atomic E-state index is 13.0. The van der Waals surface area contributed by atoms with Crippen molar-refractivity contribution in [1.29, 1.82) is 0 Å². The van der Waals surface area contributed by atoms with Crippen molar-refractivity contribution in [2.45, 2.75) is 33.0 Å². The molecule has 128 valence electrons. The number of carbonyl (C=O) groups excluding carboxylic acids is 1. The zero-order chi connectivity index (χ0) is 17.4. The second-order valence-corrected chi connectivity index (χ2v) is 6.18. The van der Waals surface area contributed by atoms with E-state index < -0.39 is 0 Å². The molecule has 3 heterocycles. The van der Waals surface area contributed by atoms with Gasteiger partial charge in [-0.2, -0.15) is 5.10 Å². The van der Waals surface area contributed by atoms with E-state index in [1.807, 2.05) is 37.3 Å². The molecule has 1 aliphatic rings. The van der Waals surface area contributed by atoms with Gasteiger partial charge < -0.3 is 4.90 Å². The van der Waals surface area contributed by atoms with Crippen LogP contribution in [0.5, 0.6) is 0 Å². The summed E-state index contributed by atoms with van der Waals surface area (Å²) in [6, 6.07) is 9.61. The molecule has 0 spiro atoms. The zero-order valence-corrected chi connectivity index (χ0v) is 14.1. The van der Waals surface area contributed by atoms with E-state index in [2.05, 4.69) is 10.1 Å². The highest BCUT2D eigenvalue weighted by atomic mass is 16.2. The summed E-state index contributed by atoms with van der Waals surface area (Å²) in [6.45, 7) is 3.88. The molecule has 25 heavy (non-hydrogen) atoms. The standard InChI is InChI=1S/C18H19N5O2/c1-2-9-23-18(25)22-11-10-21(12-15(22)20-23)17(24)16-14-6-4-3-5-13(14)7-8-19-16/h3-8H,2,9-12H2,1H3. The Balaban J connectivity index is 1.66. The molecule has 1 aliphatic heterocycles. The van der Waals surface area contributed by atoms with Gasteiger partial charge in [-0.15, -0.1) is 0 Å². The summed E-state index contributed by atoms with van der Waals surface area (Å²) in [5.74, 6) is 0.513. The van der Waals surface area contributed by atoms with Crippen LogP contribution in [0.3, 0.4) is 0 Å². The van der Waals surface area contributed by atoms with E-state index in [9.17, 15) is 9.59 Å². The van der Waals surface area contributed by atoms with Crippen LogP contribution < -0.4 is 5.69 Å². The van der Waals surface area contributed by atoms with Crippen LogP contribution in [-0.2, 0) is 19.6 Å². The monoisotopic (exact) mass is 337 g/mol. The summed E-state index contributed by atoms with van der Waals surface area (Å²) >= 11 is 0. The van der Waals surface area contributed by atoms with Crippen molar-refractivity contribution in [2.24, 2.45) is 0 Å². The highest BCUT2D eigenvalue weighted by molar-refractivity contribution is 6.05. The topological polar surface area (TPSA) is 73.0 Å². The Hall–Kier alpha value is -2.96. The van der Waals surface area contributed by atoms with E-state index in [0.29, 0.717) is 37.7 Å². The number of hydrogen-bond acceptors (Lipinski definition) is 4. The second kappa shape index (κ2) is 6.16. The molecule has 0 saturated heterocycles. The summed E-state index contributed by atoms with van der Waals surface area (Å²) in [7, 11) is 0. The normalized spacial score (nSPS) is 13.9. The molecule has 0 saturated carbocycles. The summed E-state index contributed by atoms with van der Waals surface area (Å²) in [4.78, 5) is 31.3. The van der Waals surface area contributed by atoms with Crippen LogP contribution >= 0.6 is 0 Å². The van der Waals surface area contributed by atoms with Crippen molar-refractivity contribution in [3.63, 3.8) is 0 Å². The molecule has 0 N–H and O–H groups in total. The summed E-state index contributed by atoms with van der Waals surface area (Å²) < 4.78 is 3.15. The Bertz CT molecular complexity index is 999. The SMILES string of the molecule is CCCn1nc2n(c1=O)CCN(C(=O)c1nccc3ccccc13)C2. The zero-order valence-electron chi connectivity index (χ0n) is 14.1. The Kier molecular flexibility index (Phi) is 3.83. The molecule has 0 bridgehead atoms. The number of aryl methyl sites for hydroxylation is 1. The molecular weight excluding hydrogens is 318 g/mol. The summed E-state index contributed by atoms with van der Waals surface area (Å²) in [6.07, 6.45) is 2.50. The molecular formula is C18H19N5O2. The van der Waals surface area contributed by atoms with Crippen LogP contribution in [0.1, 0.15) is 29.7 Å². The molecule has 1 amide bonds. The van der Waals surface area contributed by atoms with Crippen molar-refractivity contribution in [3.8, 4) is 0 Å². The van der Waals surface area contributed by atoms with Crippen molar-refractivity contribution >= 4 is 16.7 Å². The lowest BCUT2D eigenvalue weighted by Gasteiger charge is -2.26. The molecule has 0 aliphatic carbocycles. The van der Waals surface area contributed by atoms with Gasteiger partial charge in [-0.05, 0) is 17.9 Å². The first-order valence-corrected chi connectivity index (χ1v) is 8.48. The minimum atomic E-state index is -0.124. The molecule has 0 unspecified atom stereocenters. The number of benzene rings is 1. The Morgan fingerprint density at radius 1 is 1.20 bits per heavy atom. The predicted octanol–water partition coefficient (Wildman–Crippen LogP) is 1.66. The maximum Gasteiger partial charge on any atom is 0.346 e. The lowest BCUT2D eigenvalue weighted by atomic mass is 10.1. The number of carbonyl (C=O) groups is 1. The van der Waals surface area contributed by atoms with Gasteiger partial charge in [0.25, 0.3) is 5.91 Å². The number of fused-ring (bicyclic) bond motifs is 2. The lowest BCUT2D eigenvalue weighted by Crippen LogP contribution is -2.41. The minimum absolute atomic E-state index is 0.0905. The van der Waals surface area contributed by atoms with Crippen LogP contribution in [0.4, 0.5) is 0 Å². The Morgan fingerprint density at radius 3 is 2.88 bits per heavy atom. The fourth-order valence-corrected chi connectivity index (χ4v) is 3.27. The van der Waals surface area contributed by atoms with E-state index in [1.54, 1.807) is 15.7 Å². The minimum Gasteiger partial charge on any atom is -0.328 e. The number of amides is 1.